The van der Waals surface area contributed by atoms with Crippen molar-refractivity contribution in [1.82, 2.24) is 10.2 Å². The van der Waals surface area contributed by atoms with Gasteiger partial charge in [0.2, 0.25) is 0 Å². The van der Waals surface area contributed by atoms with Crippen LogP contribution in [0.25, 0.3) is 0 Å². The molecule has 1 unspecified atom stereocenters. The molecule has 0 aromatic heterocycles. The van der Waals surface area contributed by atoms with Gasteiger partial charge in [0.05, 0.1) is 16.1 Å². The minimum Gasteiger partial charge on any atom is -0.308 e. The lowest BCUT2D eigenvalue weighted by atomic mass is 9.87. The molecule has 0 aliphatic heterocycles. The van der Waals surface area contributed by atoms with Crippen LogP contribution in [0.1, 0.15) is 38.8 Å². The standard InChI is InChI=1S/C15H24Cl2N2/c1-6-9-18-14(15(2,3)19(4)5)11-7-8-12(16)13(17)10-11/h7-8,10,14,18H,6,9H2,1-5H3. The van der Waals surface area contributed by atoms with Gasteiger partial charge in [-0.1, -0.05) is 36.2 Å². The molecule has 1 aromatic rings. The maximum absolute atomic E-state index is 6.15. The Morgan fingerprint density at radius 1 is 1.21 bits per heavy atom. The lowest BCUT2D eigenvalue weighted by Gasteiger charge is -2.41. The fraction of sp³-hybridized carbons (Fsp3) is 0.600. The quantitative estimate of drug-likeness (QED) is 0.839. The van der Waals surface area contributed by atoms with Gasteiger partial charge in [-0.05, 0) is 58.6 Å². The van der Waals surface area contributed by atoms with Crippen LogP contribution in [0.15, 0.2) is 18.2 Å². The van der Waals surface area contributed by atoms with Gasteiger partial charge >= 0.3 is 0 Å². The molecule has 0 fully saturated rings. The van der Waals surface area contributed by atoms with Crippen LogP contribution in [0.2, 0.25) is 10.0 Å². The van der Waals surface area contributed by atoms with E-state index in [1.807, 2.05) is 18.2 Å². The molecule has 0 heterocycles. The number of hydrogen-bond acceptors (Lipinski definition) is 2. The molecule has 1 rings (SSSR count). The summed E-state index contributed by atoms with van der Waals surface area (Å²) in [7, 11) is 4.19. The Kier molecular flexibility index (Phi) is 6.13. The molecule has 108 valence electrons. The molecule has 0 bridgehead atoms. The van der Waals surface area contributed by atoms with Gasteiger partial charge in [-0.2, -0.15) is 0 Å². The maximum Gasteiger partial charge on any atom is 0.0595 e. The van der Waals surface area contributed by atoms with Gasteiger partial charge in [0, 0.05) is 5.54 Å². The number of benzene rings is 1. The molecule has 0 radical (unpaired) electrons. The molecule has 1 atom stereocenters. The number of halogens is 2. The van der Waals surface area contributed by atoms with Gasteiger partial charge in [-0.15, -0.1) is 0 Å². The molecule has 19 heavy (non-hydrogen) atoms. The Bertz CT molecular complexity index is 417. The van der Waals surface area contributed by atoms with Gasteiger partial charge < -0.3 is 10.2 Å². The van der Waals surface area contributed by atoms with E-state index in [1.165, 1.54) is 5.56 Å². The summed E-state index contributed by atoms with van der Waals surface area (Å²) < 4.78 is 0. The van der Waals surface area contributed by atoms with Crippen LogP contribution in [0.5, 0.6) is 0 Å². The van der Waals surface area contributed by atoms with Crippen molar-refractivity contribution in [3.05, 3.63) is 33.8 Å². The second-order valence-electron chi connectivity index (χ2n) is 5.61. The van der Waals surface area contributed by atoms with Gasteiger partial charge in [0.25, 0.3) is 0 Å². The molecule has 0 spiro atoms. The first kappa shape index (κ1) is 16.8. The fourth-order valence-corrected chi connectivity index (χ4v) is 2.32. The topological polar surface area (TPSA) is 15.3 Å². The highest BCUT2D eigenvalue weighted by atomic mass is 35.5. The van der Waals surface area contributed by atoms with E-state index in [4.69, 9.17) is 23.2 Å². The Morgan fingerprint density at radius 2 is 1.84 bits per heavy atom. The largest absolute Gasteiger partial charge is 0.308 e. The van der Waals surface area contributed by atoms with Gasteiger partial charge in [0.15, 0.2) is 0 Å². The minimum absolute atomic E-state index is 0.0215. The van der Waals surface area contributed by atoms with E-state index >= 15 is 0 Å². The molecule has 4 heteroatoms. The third-order valence-electron chi connectivity index (χ3n) is 3.73. The first-order valence-corrected chi connectivity index (χ1v) is 7.42. The van der Waals surface area contributed by atoms with E-state index in [1.54, 1.807) is 0 Å². The smallest absolute Gasteiger partial charge is 0.0595 e. The lowest BCUT2D eigenvalue weighted by Crippen LogP contribution is -2.49. The van der Waals surface area contributed by atoms with Crippen molar-refractivity contribution in [2.24, 2.45) is 0 Å². The lowest BCUT2D eigenvalue weighted by molar-refractivity contribution is 0.138. The maximum atomic E-state index is 6.15. The summed E-state index contributed by atoms with van der Waals surface area (Å²) in [5, 5.41) is 4.82. The Labute approximate surface area is 127 Å². The van der Waals surface area contributed by atoms with E-state index in [0.29, 0.717) is 10.0 Å². The molecule has 1 aromatic carbocycles. The summed E-state index contributed by atoms with van der Waals surface area (Å²) in [6, 6.07) is 6.08. The van der Waals surface area contributed by atoms with Gasteiger partial charge in [-0.25, -0.2) is 0 Å². The van der Waals surface area contributed by atoms with Crippen LogP contribution >= 0.6 is 23.2 Å². The average molecular weight is 303 g/mol. The number of rotatable bonds is 6. The van der Waals surface area contributed by atoms with Crippen LogP contribution in [0.4, 0.5) is 0 Å². The van der Waals surface area contributed by atoms with E-state index in [0.717, 1.165) is 13.0 Å². The van der Waals surface area contributed by atoms with Gasteiger partial charge in [-0.3, -0.25) is 0 Å². The van der Waals surface area contributed by atoms with E-state index in [-0.39, 0.29) is 11.6 Å². The van der Waals surface area contributed by atoms with Crippen LogP contribution in [0, 0.1) is 0 Å². The van der Waals surface area contributed by atoms with Crippen molar-refractivity contribution in [3.8, 4) is 0 Å². The summed E-state index contributed by atoms with van der Waals surface area (Å²) in [5.41, 5.74) is 1.15. The summed E-state index contributed by atoms with van der Waals surface area (Å²) in [5.74, 6) is 0. The molecule has 1 N–H and O–H groups in total. The molecular weight excluding hydrogens is 279 g/mol. The van der Waals surface area contributed by atoms with Crippen LogP contribution in [-0.2, 0) is 0 Å². The molecule has 0 amide bonds. The normalized spacial score (nSPS) is 13.9. The average Bonchev–Trinajstić information content (AvgIpc) is 2.33. The number of hydrogen-bond donors (Lipinski definition) is 1. The van der Waals surface area contributed by atoms with Crippen molar-refractivity contribution in [2.45, 2.75) is 38.8 Å². The van der Waals surface area contributed by atoms with Crippen molar-refractivity contribution < 1.29 is 0 Å². The molecule has 2 nitrogen and oxygen atoms in total. The minimum atomic E-state index is -0.0215. The summed E-state index contributed by atoms with van der Waals surface area (Å²) >= 11 is 12.2. The highest BCUT2D eigenvalue weighted by Gasteiger charge is 2.32. The number of nitrogens with one attached hydrogen (secondary N) is 1. The third-order valence-corrected chi connectivity index (χ3v) is 4.47. The predicted octanol–water partition coefficient (Wildman–Crippen LogP) is 4.37. The second-order valence-corrected chi connectivity index (χ2v) is 6.42. The van der Waals surface area contributed by atoms with Crippen LogP contribution in [-0.4, -0.2) is 31.1 Å². The highest BCUT2D eigenvalue weighted by Crippen LogP contribution is 2.33. The zero-order valence-electron chi connectivity index (χ0n) is 12.4. The zero-order chi connectivity index (χ0) is 14.6. The third kappa shape index (κ3) is 4.09. The summed E-state index contributed by atoms with van der Waals surface area (Å²) in [6.07, 6.45) is 1.10. The van der Waals surface area contributed by atoms with Crippen molar-refractivity contribution in [3.63, 3.8) is 0 Å². The van der Waals surface area contributed by atoms with E-state index < -0.39 is 0 Å². The molecule has 0 aliphatic rings. The number of nitrogens with zero attached hydrogens (tertiary/aromatic N) is 1. The molecule has 0 saturated heterocycles. The van der Waals surface area contributed by atoms with Crippen molar-refractivity contribution >= 4 is 23.2 Å². The summed E-state index contributed by atoms with van der Waals surface area (Å²) in [6.45, 7) is 7.59. The predicted molar refractivity (Wildman–Crippen MR) is 85.3 cm³/mol. The second kappa shape index (κ2) is 6.94. The Hall–Kier alpha value is -0.280. The van der Waals surface area contributed by atoms with Crippen molar-refractivity contribution in [2.75, 3.05) is 20.6 Å². The summed E-state index contributed by atoms with van der Waals surface area (Å²) in [4.78, 5) is 2.23. The zero-order valence-corrected chi connectivity index (χ0v) is 13.9. The molecule has 0 aliphatic carbocycles. The first-order valence-electron chi connectivity index (χ1n) is 6.66. The van der Waals surface area contributed by atoms with Crippen LogP contribution < -0.4 is 5.32 Å². The molecular formula is C15H24Cl2N2. The Morgan fingerprint density at radius 3 is 2.32 bits per heavy atom. The van der Waals surface area contributed by atoms with Crippen molar-refractivity contribution in [1.29, 1.82) is 0 Å². The number of likely N-dealkylation sites (N-methyl/N-ethyl adjacent to an activating group) is 1. The van der Waals surface area contributed by atoms with Crippen LogP contribution in [0.3, 0.4) is 0 Å². The highest BCUT2D eigenvalue weighted by molar-refractivity contribution is 6.42. The SMILES string of the molecule is CCCNC(c1ccc(Cl)c(Cl)c1)C(C)(C)N(C)C. The Balaban J connectivity index is 3.12. The first-order chi connectivity index (χ1) is 8.80. The fourth-order valence-electron chi connectivity index (χ4n) is 2.01. The molecule has 0 saturated carbocycles. The van der Waals surface area contributed by atoms with E-state index in [2.05, 4.69) is 45.1 Å². The monoisotopic (exact) mass is 302 g/mol. The van der Waals surface area contributed by atoms with E-state index in [9.17, 15) is 0 Å². The van der Waals surface area contributed by atoms with Gasteiger partial charge in [0.1, 0.15) is 0 Å².